The molecule has 0 aliphatic carbocycles. The Morgan fingerprint density at radius 2 is 0.815 bits per heavy atom. The van der Waals surface area contributed by atoms with Gasteiger partial charge in [0, 0.05) is 25.5 Å². The van der Waals surface area contributed by atoms with Gasteiger partial charge in [-0.05, 0) is 19.8 Å². The van der Waals surface area contributed by atoms with Crippen LogP contribution in [0, 0.1) is 0 Å². The van der Waals surface area contributed by atoms with Gasteiger partial charge in [-0.1, -0.05) is 110 Å². The summed E-state index contributed by atoms with van der Waals surface area (Å²) < 4.78 is 0. The maximum atomic E-state index is 2.53. The summed E-state index contributed by atoms with van der Waals surface area (Å²) in [5.74, 6) is 0. The molecule has 160 valence electrons. The molecule has 0 aromatic heterocycles. The molecule has 0 aromatic rings. The summed E-state index contributed by atoms with van der Waals surface area (Å²) in [6, 6.07) is 0. The summed E-state index contributed by atoms with van der Waals surface area (Å²) in [5, 5.41) is 0. The molecule has 0 saturated heterocycles. The largest absolute Gasteiger partial charge is 0.356 e. The highest BCUT2D eigenvalue weighted by Gasteiger charge is 2.20. The molecule has 2 heteroatoms. The SMILES string of the molecule is CCCCCCCCCCCCCCCCCN1C=CN(CCCC)C1C. The summed E-state index contributed by atoms with van der Waals surface area (Å²) in [7, 11) is 0. The van der Waals surface area contributed by atoms with Gasteiger partial charge in [-0.25, -0.2) is 0 Å². The Morgan fingerprint density at radius 3 is 1.22 bits per heavy atom. The van der Waals surface area contributed by atoms with E-state index in [9.17, 15) is 0 Å². The minimum absolute atomic E-state index is 0.572. The fourth-order valence-corrected chi connectivity index (χ4v) is 4.14. The number of nitrogens with zero attached hydrogens (tertiary/aromatic N) is 2. The molecule has 0 spiro atoms. The number of hydrogen-bond donors (Lipinski definition) is 0. The van der Waals surface area contributed by atoms with Gasteiger partial charge >= 0.3 is 0 Å². The third-order valence-corrected chi connectivity index (χ3v) is 6.20. The van der Waals surface area contributed by atoms with Crippen molar-refractivity contribution in [3.05, 3.63) is 12.4 Å². The number of hydrogen-bond acceptors (Lipinski definition) is 2. The topological polar surface area (TPSA) is 6.48 Å². The molecule has 0 amide bonds. The molecule has 27 heavy (non-hydrogen) atoms. The van der Waals surface area contributed by atoms with Crippen molar-refractivity contribution in [3.8, 4) is 0 Å². The first kappa shape index (κ1) is 24.4. The van der Waals surface area contributed by atoms with E-state index in [4.69, 9.17) is 0 Å². The maximum Gasteiger partial charge on any atom is 0.0977 e. The number of unbranched alkanes of at least 4 members (excludes halogenated alkanes) is 15. The summed E-state index contributed by atoms with van der Waals surface area (Å²) in [6.07, 6.45) is 29.4. The predicted molar refractivity (Wildman–Crippen MR) is 122 cm³/mol. The molecule has 0 saturated carbocycles. The third-order valence-electron chi connectivity index (χ3n) is 6.20. The Kier molecular flexibility index (Phi) is 15.7. The summed E-state index contributed by atoms with van der Waals surface area (Å²) in [6.45, 7) is 9.37. The van der Waals surface area contributed by atoms with Gasteiger partial charge in [0.25, 0.3) is 0 Å². The van der Waals surface area contributed by atoms with Gasteiger partial charge in [-0.3, -0.25) is 0 Å². The van der Waals surface area contributed by atoms with Gasteiger partial charge in [0.2, 0.25) is 0 Å². The van der Waals surface area contributed by atoms with Gasteiger partial charge in [0.05, 0.1) is 6.17 Å². The van der Waals surface area contributed by atoms with Gasteiger partial charge in [0.1, 0.15) is 0 Å². The van der Waals surface area contributed by atoms with E-state index in [0.29, 0.717) is 6.17 Å². The first-order chi connectivity index (χ1) is 13.3. The first-order valence-electron chi connectivity index (χ1n) is 12.5. The van der Waals surface area contributed by atoms with Crippen LogP contribution >= 0.6 is 0 Å². The van der Waals surface area contributed by atoms with E-state index in [1.165, 1.54) is 122 Å². The molecule has 1 atom stereocenters. The average molecular weight is 379 g/mol. The van der Waals surface area contributed by atoms with E-state index in [1.807, 2.05) is 0 Å². The highest BCUT2D eigenvalue weighted by molar-refractivity contribution is 4.95. The molecule has 1 unspecified atom stereocenters. The summed E-state index contributed by atoms with van der Waals surface area (Å²) >= 11 is 0. The standard InChI is InChI=1S/C25H50N2/c1-4-6-8-9-10-11-12-13-14-15-16-17-18-19-20-22-27-24-23-26(25(27)3)21-7-5-2/h23-25H,4-22H2,1-3H3. The van der Waals surface area contributed by atoms with Crippen molar-refractivity contribution < 1.29 is 0 Å². The molecule has 0 radical (unpaired) electrons. The minimum atomic E-state index is 0.572. The number of rotatable bonds is 19. The Balaban J connectivity index is 1.80. The Hall–Kier alpha value is -0.660. The van der Waals surface area contributed by atoms with E-state index in [2.05, 4.69) is 43.0 Å². The van der Waals surface area contributed by atoms with Crippen molar-refractivity contribution >= 4 is 0 Å². The molecular formula is C25H50N2. The molecule has 0 bridgehead atoms. The van der Waals surface area contributed by atoms with Crippen LogP contribution in [0.3, 0.4) is 0 Å². The van der Waals surface area contributed by atoms with Gasteiger partial charge in [-0.2, -0.15) is 0 Å². The highest BCUT2D eigenvalue weighted by atomic mass is 15.4. The van der Waals surface area contributed by atoms with Crippen molar-refractivity contribution in [2.75, 3.05) is 13.1 Å². The fraction of sp³-hybridized carbons (Fsp3) is 0.920. The van der Waals surface area contributed by atoms with Crippen molar-refractivity contribution in [1.82, 2.24) is 9.80 Å². The highest BCUT2D eigenvalue weighted by Crippen LogP contribution is 2.18. The van der Waals surface area contributed by atoms with E-state index in [0.717, 1.165) is 0 Å². The van der Waals surface area contributed by atoms with Crippen LogP contribution in [0.15, 0.2) is 12.4 Å². The minimum Gasteiger partial charge on any atom is -0.356 e. The predicted octanol–water partition coefficient (Wildman–Crippen LogP) is 8.09. The van der Waals surface area contributed by atoms with Crippen molar-refractivity contribution in [2.24, 2.45) is 0 Å². The molecule has 1 rings (SSSR count). The third kappa shape index (κ3) is 12.4. The quantitative estimate of drug-likeness (QED) is 0.209. The second kappa shape index (κ2) is 17.4. The van der Waals surface area contributed by atoms with E-state index in [1.54, 1.807) is 0 Å². The zero-order valence-corrected chi connectivity index (χ0v) is 19.1. The Morgan fingerprint density at radius 1 is 0.481 bits per heavy atom. The van der Waals surface area contributed by atoms with Gasteiger partial charge in [-0.15, -0.1) is 0 Å². The van der Waals surface area contributed by atoms with Gasteiger partial charge in [0.15, 0.2) is 0 Å². The lowest BCUT2D eigenvalue weighted by atomic mass is 10.0. The van der Waals surface area contributed by atoms with Crippen LogP contribution in [0.25, 0.3) is 0 Å². The van der Waals surface area contributed by atoms with E-state index >= 15 is 0 Å². The van der Waals surface area contributed by atoms with Crippen LogP contribution < -0.4 is 0 Å². The lowest BCUT2D eigenvalue weighted by Crippen LogP contribution is -2.36. The second-order valence-electron chi connectivity index (χ2n) is 8.71. The molecule has 2 nitrogen and oxygen atoms in total. The summed E-state index contributed by atoms with van der Waals surface area (Å²) in [5.41, 5.74) is 0. The Labute approximate surface area is 171 Å². The van der Waals surface area contributed by atoms with Crippen LogP contribution in [-0.4, -0.2) is 29.1 Å². The van der Waals surface area contributed by atoms with Crippen molar-refractivity contribution in [3.63, 3.8) is 0 Å². The van der Waals surface area contributed by atoms with E-state index in [-0.39, 0.29) is 0 Å². The molecule has 1 aliphatic heterocycles. The molecule has 1 heterocycles. The average Bonchev–Trinajstić information content (AvgIpc) is 3.03. The lowest BCUT2D eigenvalue weighted by Gasteiger charge is -2.29. The molecule has 0 aromatic carbocycles. The second-order valence-corrected chi connectivity index (χ2v) is 8.71. The molecule has 0 N–H and O–H groups in total. The van der Waals surface area contributed by atoms with Gasteiger partial charge < -0.3 is 9.80 Å². The molecule has 1 aliphatic rings. The van der Waals surface area contributed by atoms with Crippen molar-refractivity contribution in [1.29, 1.82) is 0 Å². The first-order valence-corrected chi connectivity index (χ1v) is 12.5. The smallest absolute Gasteiger partial charge is 0.0977 e. The lowest BCUT2D eigenvalue weighted by molar-refractivity contribution is 0.166. The fourth-order valence-electron chi connectivity index (χ4n) is 4.14. The maximum absolute atomic E-state index is 2.53. The Bertz CT molecular complexity index is 339. The molecule has 0 fully saturated rings. The zero-order chi connectivity index (χ0) is 19.6. The van der Waals surface area contributed by atoms with Crippen LogP contribution in [0.5, 0.6) is 0 Å². The van der Waals surface area contributed by atoms with Crippen molar-refractivity contribution in [2.45, 2.75) is 136 Å². The summed E-state index contributed by atoms with van der Waals surface area (Å²) in [4.78, 5) is 5.02. The van der Waals surface area contributed by atoms with Crippen LogP contribution in [0.4, 0.5) is 0 Å². The monoisotopic (exact) mass is 378 g/mol. The molecular weight excluding hydrogens is 328 g/mol. The van der Waals surface area contributed by atoms with Crippen LogP contribution in [-0.2, 0) is 0 Å². The normalized spacial score (nSPS) is 16.6. The van der Waals surface area contributed by atoms with Crippen LogP contribution in [0.2, 0.25) is 0 Å². The van der Waals surface area contributed by atoms with E-state index < -0.39 is 0 Å². The zero-order valence-electron chi connectivity index (χ0n) is 19.1. The van der Waals surface area contributed by atoms with Crippen LogP contribution in [0.1, 0.15) is 130 Å².